The summed E-state index contributed by atoms with van der Waals surface area (Å²) in [6.07, 6.45) is 0. The summed E-state index contributed by atoms with van der Waals surface area (Å²) in [4.78, 5) is 55.1. The Morgan fingerprint density at radius 1 is 0.903 bits per heavy atom. The fraction of sp³-hybridized carbons (Fsp3) is 0.182. The Morgan fingerprint density at radius 3 is 2.26 bits per heavy atom. The molecule has 1 aliphatic heterocycles. The zero-order valence-corrected chi connectivity index (χ0v) is 16.6. The van der Waals surface area contributed by atoms with E-state index in [1.807, 2.05) is 0 Å². The number of aliphatic imine (C=N–C) groups is 1. The Morgan fingerprint density at radius 2 is 1.55 bits per heavy atom. The minimum Gasteiger partial charge on any atom is -0.293 e. The highest BCUT2D eigenvalue weighted by Gasteiger charge is 2.49. The fourth-order valence-electron chi connectivity index (χ4n) is 4.62. The van der Waals surface area contributed by atoms with Crippen molar-refractivity contribution in [1.29, 1.82) is 0 Å². The van der Waals surface area contributed by atoms with Gasteiger partial charge in [0.05, 0.1) is 22.1 Å². The molecule has 0 saturated heterocycles. The van der Waals surface area contributed by atoms with E-state index in [0.717, 1.165) is 4.57 Å². The normalized spacial score (nSPS) is 18.8. The molecule has 5 rings (SSSR count). The van der Waals surface area contributed by atoms with Crippen molar-refractivity contribution in [3.05, 3.63) is 102 Å². The zero-order chi connectivity index (χ0) is 22.0. The Balaban J connectivity index is 1.94. The van der Waals surface area contributed by atoms with Crippen LogP contribution in [0, 0.1) is 16.0 Å². The second-order valence-electron chi connectivity index (χ2n) is 7.62. The number of carbonyl (C=O) groups is 1. The quantitative estimate of drug-likeness (QED) is 0.468. The minimum atomic E-state index is -0.950. The number of hydrogen-bond donors (Lipinski definition) is 0. The Kier molecular flexibility index (Phi) is 3.91. The number of nitro groups is 1. The van der Waals surface area contributed by atoms with E-state index in [1.165, 1.54) is 30.8 Å². The van der Waals surface area contributed by atoms with Gasteiger partial charge in [-0.1, -0.05) is 42.5 Å². The molecule has 1 aromatic heterocycles. The summed E-state index contributed by atoms with van der Waals surface area (Å²) >= 11 is 0. The molecule has 9 nitrogen and oxygen atoms in total. The first-order valence-corrected chi connectivity index (χ1v) is 9.58. The molecule has 154 valence electrons. The standard InChI is InChI=1S/C22H16N4O5/c1-24-20-17(21(28)25(2)22(24)29)15(13-9-5-6-10-14(13)26(30)31)16-18(23-20)11-7-3-4-8-12(11)19(16)27/h3-10,15-16H,1-2H3/t15-,16+/m0/s1. The SMILES string of the molecule is Cn1c2c(c(=O)n(C)c1=O)[C@@H](c1ccccc1[N+](=O)[O-])[C@H]1C(=O)c3ccccc3C1=N2. The van der Waals surface area contributed by atoms with Crippen LogP contribution in [0.1, 0.15) is 33.0 Å². The van der Waals surface area contributed by atoms with Crippen molar-refractivity contribution in [3.63, 3.8) is 0 Å². The molecular weight excluding hydrogens is 400 g/mol. The van der Waals surface area contributed by atoms with Crippen molar-refractivity contribution < 1.29 is 9.72 Å². The van der Waals surface area contributed by atoms with Crippen LogP contribution in [0.5, 0.6) is 0 Å². The highest BCUT2D eigenvalue weighted by Crippen LogP contribution is 2.48. The number of rotatable bonds is 2. The summed E-state index contributed by atoms with van der Waals surface area (Å²) in [5.41, 5.74) is 0.443. The molecule has 2 aliphatic rings. The Hall–Kier alpha value is -4.14. The van der Waals surface area contributed by atoms with Gasteiger partial charge < -0.3 is 0 Å². The van der Waals surface area contributed by atoms with E-state index in [9.17, 15) is 24.5 Å². The molecule has 0 bridgehead atoms. The average molecular weight is 416 g/mol. The topological polar surface area (TPSA) is 117 Å². The molecule has 0 spiro atoms. The molecule has 2 aromatic carbocycles. The summed E-state index contributed by atoms with van der Waals surface area (Å²) in [5.74, 6) is -1.98. The van der Waals surface area contributed by atoms with Gasteiger partial charge in [0.1, 0.15) is 5.82 Å². The number of para-hydroxylation sites is 1. The van der Waals surface area contributed by atoms with E-state index in [0.29, 0.717) is 16.8 Å². The van der Waals surface area contributed by atoms with Crippen LogP contribution >= 0.6 is 0 Å². The average Bonchev–Trinajstić information content (AvgIpc) is 3.07. The number of carbonyl (C=O) groups excluding carboxylic acids is 1. The van der Waals surface area contributed by atoms with Gasteiger partial charge in [0, 0.05) is 42.8 Å². The summed E-state index contributed by atoms with van der Waals surface area (Å²) < 4.78 is 2.18. The van der Waals surface area contributed by atoms with Crippen molar-refractivity contribution in [3.8, 4) is 0 Å². The van der Waals surface area contributed by atoms with Gasteiger partial charge in [0.25, 0.3) is 11.2 Å². The summed E-state index contributed by atoms with van der Waals surface area (Å²) in [6, 6.07) is 13.0. The van der Waals surface area contributed by atoms with Crippen LogP contribution < -0.4 is 11.2 Å². The number of ketones is 1. The van der Waals surface area contributed by atoms with Gasteiger partial charge >= 0.3 is 5.69 Å². The van der Waals surface area contributed by atoms with Crippen molar-refractivity contribution in [2.45, 2.75) is 5.92 Å². The second-order valence-corrected chi connectivity index (χ2v) is 7.62. The lowest BCUT2D eigenvalue weighted by atomic mass is 9.76. The maximum atomic E-state index is 13.4. The molecule has 1 aliphatic carbocycles. The van der Waals surface area contributed by atoms with E-state index < -0.39 is 28.0 Å². The van der Waals surface area contributed by atoms with E-state index >= 15 is 0 Å². The predicted molar refractivity (Wildman–Crippen MR) is 112 cm³/mol. The van der Waals surface area contributed by atoms with E-state index in [4.69, 9.17) is 0 Å². The van der Waals surface area contributed by atoms with E-state index in [2.05, 4.69) is 4.99 Å². The molecule has 0 fully saturated rings. The molecule has 0 N–H and O–H groups in total. The van der Waals surface area contributed by atoms with Crippen LogP contribution in [-0.2, 0) is 14.1 Å². The van der Waals surface area contributed by atoms with Crippen LogP contribution in [-0.4, -0.2) is 25.6 Å². The third-order valence-electron chi connectivity index (χ3n) is 6.05. The first kappa shape index (κ1) is 18.9. The molecule has 31 heavy (non-hydrogen) atoms. The lowest BCUT2D eigenvalue weighted by molar-refractivity contribution is -0.385. The van der Waals surface area contributed by atoms with Crippen LogP contribution in [0.15, 0.2) is 63.1 Å². The highest BCUT2D eigenvalue weighted by molar-refractivity contribution is 6.30. The molecular formula is C22H16N4O5. The number of hydrogen-bond acceptors (Lipinski definition) is 6. The number of Topliss-reactive ketones (excluding diaryl/α,β-unsaturated/α-hetero) is 1. The lowest BCUT2D eigenvalue weighted by Gasteiger charge is -2.29. The molecule has 0 saturated carbocycles. The fourth-order valence-corrected chi connectivity index (χ4v) is 4.62. The van der Waals surface area contributed by atoms with Gasteiger partial charge in [0.2, 0.25) is 0 Å². The number of aromatic nitrogens is 2. The molecule has 2 heterocycles. The Labute approximate surface area is 175 Å². The summed E-state index contributed by atoms with van der Waals surface area (Å²) in [5, 5.41) is 11.8. The van der Waals surface area contributed by atoms with Crippen LogP contribution in [0.4, 0.5) is 11.5 Å². The molecule has 0 unspecified atom stereocenters. The third kappa shape index (κ3) is 2.43. The number of fused-ring (bicyclic) bond motifs is 4. The van der Waals surface area contributed by atoms with Crippen molar-refractivity contribution >= 4 is 23.0 Å². The first-order chi connectivity index (χ1) is 14.8. The molecule has 0 amide bonds. The van der Waals surface area contributed by atoms with Gasteiger partial charge in [-0.15, -0.1) is 0 Å². The van der Waals surface area contributed by atoms with Crippen LogP contribution in [0.25, 0.3) is 0 Å². The number of nitrogens with zero attached hydrogens (tertiary/aromatic N) is 4. The minimum absolute atomic E-state index is 0.105. The van der Waals surface area contributed by atoms with Gasteiger partial charge in [-0.3, -0.25) is 28.8 Å². The predicted octanol–water partition coefficient (Wildman–Crippen LogP) is 2.07. The summed E-state index contributed by atoms with van der Waals surface area (Å²) in [7, 11) is 2.83. The highest BCUT2D eigenvalue weighted by atomic mass is 16.6. The van der Waals surface area contributed by atoms with Crippen LogP contribution in [0.3, 0.4) is 0 Å². The second kappa shape index (κ2) is 6.43. The monoisotopic (exact) mass is 416 g/mol. The maximum Gasteiger partial charge on any atom is 0.332 e. The summed E-state index contributed by atoms with van der Waals surface area (Å²) in [6.45, 7) is 0. The Bertz CT molecular complexity index is 1460. The molecule has 0 radical (unpaired) electrons. The van der Waals surface area contributed by atoms with Crippen LogP contribution in [0.2, 0.25) is 0 Å². The van der Waals surface area contributed by atoms with Crippen molar-refractivity contribution in [2.75, 3.05) is 0 Å². The largest absolute Gasteiger partial charge is 0.332 e. The van der Waals surface area contributed by atoms with Gasteiger partial charge in [0.15, 0.2) is 5.78 Å². The third-order valence-corrected chi connectivity index (χ3v) is 6.05. The lowest BCUT2D eigenvalue weighted by Crippen LogP contribution is -2.43. The van der Waals surface area contributed by atoms with Crippen molar-refractivity contribution in [2.24, 2.45) is 25.0 Å². The van der Waals surface area contributed by atoms with Gasteiger partial charge in [-0.2, -0.15) is 0 Å². The maximum absolute atomic E-state index is 13.4. The van der Waals surface area contributed by atoms with E-state index in [-0.39, 0.29) is 28.4 Å². The number of benzene rings is 2. The van der Waals surface area contributed by atoms with Gasteiger partial charge in [-0.05, 0) is 0 Å². The smallest absolute Gasteiger partial charge is 0.293 e. The number of nitro benzene ring substituents is 1. The first-order valence-electron chi connectivity index (χ1n) is 9.58. The zero-order valence-electron chi connectivity index (χ0n) is 16.6. The molecule has 3 aromatic rings. The molecule has 2 atom stereocenters. The van der Waals surface area contributed by atoms with Crippen molar-refractivity contribution in [1.82, 2.24) is 9.13 Å². The molecule has 9 heteroatoms. The van der Waals surface area contributed by atoms with E-state index in [1.54, 1.807) is 36.4 Å². The van der Waals surface area contributed by atoms with Gasteiger partial charge in [-0.25, -0.2) is 9.79 Å².